The molecular weight excluding hydrogens is 242 g/mol. The Balaban J connectivity index is 3.15. The molecule has 0 aromatic carbocycles. The molecule has 0 amide bonds. The summed E-state index contributed by atoms with van der Waals surface area (Å²) in [4.78, 5) is 22.3. The predicted molar refractivity (Wildman–Crippen MR) is 66.8 cm³/mol. The highest BCUT2D eigenvalue weighted by atomic mass is 32.2. The minimum absolute atomic E-state index is 0.283. The van der Waals surface area contributed by atoms with E-state index >= 15 is 0 Å². The van der Waals surface area contributed by atoms with Crippen LogP contribution in [0.2, 0.25) is 0 Å². The zero-order valence-corrected chi connectivity index (χ0v) is 10.5. The van der Waals surface area contributed by atoms with Crippen LogP contribution in [0, 0.1) is 6.92 Å². The smallest absolute Gasteiger partial charge is 0.326 e. The summed E-state index contributed by atoms with van der Waals surface area (Å²) >= 11 is 1.55. The number of hydrogen-bond donors (Lipinski definition) is 2. The van der Waals surface area contributed by atoms with Crippen LogP contribution in [0.4, 0.5) is 0 Å². The number of carboxylic acid groups (broad SMARTS) is 1. The van der Waals surface area contributed by atoms with Crippen molar-refractivity contribution in [3.63, 3.8) is 0 Å². The second-order valence-corrected chi connectivity index (χ2v) is 4.64. The molecular formula is C11H15NO4S. The molecule has 1 rings (SSSR count). The molecule has 0 radical (unpaired) electrons. The van der Waals surface area contributed by atoms with Crippen molar-refractivity contribution >= 4 is 17.7 Å². The van der Waals surface area contributed by atoms with Crippen LogP contribution in [0.3, 0.4) is 0 Å². The summed E-state index contributed by atoms with van der Waals surface area (Å²) < 4.78 is 1.43. The minimum Gasteiger partial charge on any atom is -0.503 e. The summed E-state index contributed by atoms with van der Waals surface area (Å²) in [5.74, 6) is -0.656. The summed E-state index contributed by atoms with van der Waals surface area (Å²) in [6, 6.07) is 0.422. The summed E-state index contributed by atoms with van der Waals surface area (Å²) in [7, 11) is 0. The number of aromatic hydroxyl groups is 1. The molecule has 17 heavy (non-hydrogen) atoms. The molecule has 0 aliphatic carbocycles. The van der Waals surface area contributed by atoms with Crippen molar-refractivity contribution in [2.45, 2.75) is 19.4 Å². The SMILES string of the molecule is CSCCC(C(=O)O)n1ccc(=O)c(O)c1C. The van der Waals surface area contributed by atoms with Crippen LogP contribution in [-0.2, 0) is 4.79 Å². The predicted octanol–water partition coefficient (Wildman–Crippen LogP) is 1.24. The summed E-state index contributed by atoms with van der Waals surface area (Å²) in [5, 5.41) is 18.7. The van der Waals surface area contributed by atoms with E-state index in [2.05, 4.69) is 0 Å². The van der Waals surface area contributed by atoms with Gasteiger partial charge in [0.05, 0.1) is 5.69 Å². The number of pyridine rings is 1. The minimum atomic E-state index is -0.967. The second kappa shape index (κ2) is 5.77. The standard InChI is InChI=1S/C11H15NO4S/c1-7-10(14)9(13)3-5-12(7)8(11(15)16)4-6-17-2/h3,5,8,14H,4,6H2,1-2H3,(H,15,16). The Kier molecular flexibility index (Phi) is 4.62. The van der Waals surface area contributed by atoms with Gasteiger partial charge in [0, 0.05) is 12.3 Å². The van der Waals surface area contributed by atoms with Crippen LogP contribution in [-0.4, -0.2) is 32.8 Å². The maximum atomic E-state index is 11.2. The molecule has 94 valence electrons. The monoisotopic (exact) mass is 257 g/mol. The number of carbonyl (C=O) groups is 1. The molecule has 0 fully saturated rings. The normalized spacial score (nSPS) is 12.4. The van der Waals surface area contributed by atoms with Gasteiger partial charge in [-0.15, -0.1) is 0 Å². The van der Waals surface area contributed by atoms with Crippen LogP contribution in [0.5, 0.6) is 5.75 Å². The number of nitrogens with zero attached hydrogens (tertiary/aromatic N) is 1. The highest BCUT2D eigenvalue weighted by molar-refractivity contribution is 7.98. The molecule has 0 spiro atoms. The zero-order valence-electron chi connectivity index (χ0n) is 9.71. The van der Waals surface area contributed by atoms with Crippen molar-refractivity contribution in [1.82, 2.24) is 4.57 Å². The van der Waals surface area contributed by atoms with Crippen molar-refractivity contribution < 1.29 is 15.0 Å². The Bertz CT molecular complexity index is 469. The lowest BCUT2D eigenvalue weighted by molar-refractivity contribution is -0.141. The third kappa shape index (κ3) is 3.03. The van der Waals surface area contributed by atoms with Crippen LogP contribution in [0.15, 0.2) is 17.1 Å². The van der Waals surface area contributed by atoms with E-state index < -0.39 is 17.4 Å². The van der Waals surface area contributed by atoms with E-state index in [1.165, 1.54) is 23.8 Å². The number of aliphatic carboxylic acids is 1. The van der Waals surface area contributed by atoms with E-state index in [4.69, 9.17) is 5.11 Å². The fraction of sp³-hybridized carbons (Fsp3) is 0.455. The van der Waals surface area contributed by atoms with Gasteiger partial charge in [-0.2, -0.15) is 11.8 Å². The van der Waals surface area contributed by atoms with E-state index in [-0.39, 0.29) is 11.4 Å². The first-order chi connectivity index (χ1) is 7.99. The average molecular weight is 257 g/mol. The quantitative estimate of drug-likeness (QED) is 0.829. The van der Waals surface area contributed by atoms with Gasteiger partial charge in [-0.05, 0) is 25.4 Å². The molecule has 0 saturated carbocycles. The maximum absolute atomic E-state index is 11.2. The second-order valence-electron chi connectivity index (χ2n) is 3.66. The lowest BCUT2D eigenvalue weighted by atomic mass is 10.2. The Labute approximate surface area is 103 Å². The third-order valence-corrected chi connectivity index (χ3v) is 3.21. The Hall–Kier alpha value is -1.43. The molecule has 5 nitrogen and oxygen atoms in total. The Morgan fingerprint density at radius 2 is 2.24 bits per heavy atom. The number of hydrogen-bond acceptors (Lipinski definition) is 4. The van der Waals surface area contributed by atoms with Crippen LogP contribution in [0.1, 0.15) is 18.2 Å². The molecule has 2 N–H and O–H groups in total. The molecule has 0 saturated heterocycles. The van der Waals surface area contributed by atoms with Gasteiger partial charge in [0.25, 0.3) is 0 Å². The number of aromatic nitrogens is 1. The fourth-order valence-electron chi connectivity index (χ4n) is 1.59. The van der Waals surface area contributed by atoms with E-state index in [0.717, 1.165) is 0 Å². The van der Waals surface area contributed by atoms with Gasteiger partial charge >= 0.3 is 5.97 Å². The number of thioether (sulfide) groups is 1. The Morgan fingerprint density at radius 1 is 1.59 bits per heavy atom. The van der Waals surface area contributed by atoms with Gasteiger partial charge < -0.3 is 14.8 Å². The van der Waals surface area contributed by atoms with Gasteiger partial charge in [0.2, 0.25) is 5.43 Å². The molecule has 1 heterocycles. The molecule has 0 aliphatic rings. The average Bonchev–Trinajstić information content (AvgIpc) is 2.28. The van der Waals surface area contributed by atoms with E-state index in [0.29, 0.717) is 12.2 Å². The maximum Gasteiger partial charge on any atom is 0.326 e. The van der Waals surface area contributed by atoms with Crippen LogP contribution < -0.4 is 5.43 Å². The first kappa shape index (κ1) is 13.6. The fourth-order valence-corrected chi connectivity index (χ4v) is 2.05. The molecule has 1 unspecified atom stereocenters. The third-order valence-electron chi connectivity index (χ3n) is 2.57. The van der Waals surface area contributed by atoms with Gasteiger partial charge in [-0.1, -0.05) is 0 Å². The molecule has 6 heteroatoms. The highest BCUT2D eigenvalue weighted by Gasteiger charge is 2.21. The molecule has 1 atom stereocenters. The molecule has 1 aromatic rings. The summed E-state index contributed by atoms with van der Waals surface area (Å²) in [6.45, 7) is 1.53. The topological polar surface area (TPSA) is 79.5 Å². The molecule has 1 aromatic heterocycles. The summed E-state index contributed by atoms with van der Waals surface area (Å²) in [5.41, 5.74) is -0.209. The first-order valence-electron chi connectivity index (χ1n) is 5.11. The van der Waals surface area contributed by atoms with Gasteiger partial charge in [-0.25, -0.2) is 4.79 Å². The lowest BCUT2D eigenvalue weighted by Crippen LogP contribution is -2.23. The Morgan fingerprint density at radius 3 is 2.76 bits per heavy atom. The van der Waals surface area contributed by atoms with E-state index in [9.17, 15) is 14.7 Å². The van der Waals surface area contributed by atoms with Crippen molar-refractivity contribution in [2.24, 2.45) is 0 Å². The molecule has 0 aliphatic heterocycles. The van der Waals surface area contributed by atoms with Crippen molar-refractivity contribution in [1.29, 1.82) is 0 Å². The first-order valence-corrected chi connectivity index (χ1v) is 6.51. The van der Waals surface area contributed by atoms with Crippen LogP contribution >= 0.6 is 11.8 Å². The number of carboxylic acids is 1. The van der Waals surface area contributed by atoms with Gasteiger partial charge in [-0.3, -0.25) is 4.79 Å². The van der Waals surface area contributed by atoms with Crippen LogP contribution in [0.25, 0.3) is 0 Å². The van der Waals surface area contributed by atoms with Crippen molar-refractivity contribution in [2.75, 3.05) is 12.0 Å². The molecule has 0 bridgehead atoms. The number of rotatable bonds is 5. The summed E-state index contributed by atoms with van der Waals surface area (Å²) in [6.07, 6.45) is 3.75. The van der Waals surface area contributed by atoms with Crippen molar-refractivity contribution in [3.8, 4) is 5.75 Å². The van der Waals surface area contributed by atoms with E-state index in [1.807, 2.05) is 6.26 Å². The van der Waals surface area contributed by atoms with Gasteiger partial charge in [0.15, 0.2) is 5.75 Å². The van der Waals surface area contributed by atoms with E-state index in [1.54, 1.807) is 11.8 Å². The van der Waals surface area contributed by atoms with Crippen molar-refractivity contribution in [3.05, 3.63) is 28.2 Å². The van der Waals surface area contributed by atoms with Gasteiger partial charge in [0.1, 0.15) is 6.04 Å². The lowest BCUT2D eigenvalue weighted by Gasteiger charge is -2.19. The highest BCUT2D eigenvalue weighted by Crippen LogP contribution is 2.20. The largest absolute Gasteiger partial charge is 0.503 e. The zero-order chi connectivity index (χ0) is 13.0.